The predicted octanol–water partition coefficient (Wildman–Crippen LogP) is 4.88. The second kappa shape index (κ2) is 21.9. The maximum absolute atomic E-state index is 13.9. The van der Waals surface area contributed by atoms with Gasteiger partial charge in [0.2, 0.25) is 11.7 Å². The number of anilines is 1. The highest BCUT2D eigenvalue weighted by molar-refractivity contribution is 6.38. The number of nitrogens with zero attached hydrogens (tertiary/aromatic N) is 1. The first-order chi connectivity index (χ1) is 25.0. The summed E-state index contributed by atoms with van der Waals surface area (Å²) >= 11 is 0. The largest absolute Gasteiger partial charge is 0.493 e. The molecule has 0 spiro atoms. The smallest absolute Gasteiger partial charge is 0.329 e. The number of amides is 2. The lowest BCUT2D eigenvalue weighted by Gasteiger charge is -2.36. The zero-order chi connectivity index (χ0) is 37.9. The second-order valence-corrected chi connectivity index (χ2v) is 13.1. The molecule has 2 amide bonds. The van der Waals surface area contributed by atoms with Gasteiger partial charge in [-0.05, 0) is 73.9 Å². The summed E-state index contributed by atoms with van der Waals surface area (Å²) in [4.78, 5) is 64.8. The van der Waals surface area contributed by atoms with Crippen molar-refractivity contribution in [1.29, 1.82) is 0 Å². The maximum atomic E-state index is 13.9. The summed E-state index contributed by atoms with van der Waals surface area (Å²) in [6.07, 6.45) is 3.27. The van der Waals surface area contributed by atoms with E-state index in [2.05, 4.69) is 5.32 Å². The van der Waals surface area contributed by atoms with Gasteiger partial charge in [0.1, 0.15) is 25.0 Å². The first kappa shape index (κ1) is 42.1. The van der Waals surface area contributed by atoms with Crippen LogP contribution in [0, 0.1) is 5.41 Å². The Labute approximate surface area is 306 Å². The summed E-state index contributed by atoms with van der Waals surface area (Å²) in [6.45, 7) is 7.15. The van der Waals surface area contributed by atoms with Crippen molar-refractivity contribution >= 4 is 35.5 Å². The summed E-state index contributed by atoms with van der Waals surface area (Å²) in [5.41, 5.74) is 1.27. The molecular weight excluding hydrogens is 672 g/mol. The van der Waals surface area contributed by atoms with Gasteiger partial charge in [0.15, 0.2) is 11.5 Å². The zero-order valence-corrected chi connectivity index (χ0v) is 31.1. The van der Waals surface area contributed by atoms with Crippen molar-refractivity contribution in [3.63, 3.8) is 0 Å². The number of methoxy groups -OCH3 is 2. The average Bonchev–Trinajstić information content (AvgIpc) is 3.16. The topological polar surface area (TPSA) is 156 Å². The number of ether oxygens (including phenoxy) is 6. The molecule has 0 bridgehead atoms. The Hall–Kier alpha value is -4.33. The molecule has 13 nitrogen and oxygen atoms in total. The van der Waals surface area contributed by atoms with Crippen LogP contribution in [0.3, 0.4) is 0 Å². The minimum Gasteiger partial charge on any atom is -0.493 e. The Morgan fingerprint density at radius 2 is 1.63 bits per heavy atom. The molecule has 1 heterocycles. The van der Waals surface area contributed by atoms with E-state index in [-0.39, 0.29) is 25.5 Å². The lowest BCUT2D eigenvalue weighted by molar-refractivity contribution is -0.164. The Morgan fingerprint density at radius 1 is 0.923 bits per heavy atom. The van der Waals surface area contributed by atoms with Gasteiger partial charge >= 0.3 is 5.97 Å². The molecule has 1 fully saturated rings. The van der Waals surface area contributed by atoms with E-state index in [1.807, 2.05) is 31.2 Å². The Kier molecular flexibility index (Phi) is 17.7. The number of nitrogens with one attached hydrogen (secondary N) is 1. The van der Waals surface area contributed by atoms with Crippen molar-refractivity contribution in [2.45, 2.75) is 77.9 Å². The van der Waals surface area contributed by atoms with Crippen LogP contribution in [-0.2, 0) is 49.3 Å². The third kappa shape index (κ3) is 13.0. The van der Waals surface area contributed by atoms with Crippen LogP contribution in [0.5, 0.6) is 11.5 Å². The summed E-state index contributed by atoms with van der Waals surface area (Å²) in [5, 5.41) is 2.88. The third-order valence-electron chi connectivity index (χ3n) is 9.08. The number of carbonyl (C=O) groups excluding carboxylic acids is 5. The second-order valence-electron chi connectivity index (χ2n) is 13.1. The van der Waals surface area contributed by atoms with Gasteiger partial charge in [0, 0.05) is 17.6 Å². The number of piperidine rings is 1. The van der Waals surface area contributed by atoms with Gasteiger partial charge in [0.25, 0.3) is 5.91 Å². The fraction of sp³-hybridized carbons (Fsp3) is 0.564. The van der Waals surface area contributed by atoms with Crippen molar-refractivity contribution in [2.75, 3.05) is 65.7 Å². The van der Waals surface area contributed by atoms with Crippen molar-refractivity contribution in [3.05, 3.63) is 53.6 Å². The van der Waals surface area contributed by atoms with Crippen LogP contribution in [0.1, 0.15) is 76.5 Å². The lowest BCUT2D eigenvalue weighted by Crippen LogP contribution is -2.53. The first-order valence-corrected chi connectivity index (χ1v) is 17.9. The van der Waals surface area contributed by atoms with Crippen LogP contribution in [0.2, 0.25) is 0 Å². The SMILES string of the molecule is CCC(C)(C)C(=O)C(=O)N1CCCC[C@H]1C(=O)O[C@H](CCc1ccc(OC)c(OC)c1)c1cccc(NC(=O)CCOCCOCCOCC=O)c1. The van der Waals surface area contributed by atoms with Crippen LogP contribution < -0.4 is 14.8 Å². The van der Waals surface area contributed by atoms with Gasteiger partial charge in [-0.1, -0.05) is 39.0 Å². The number of aryl methyl sites for hydroxylation is 1. The number of likely N-dealkylation sites (tertiary alicyclic amines) is 1. The Morgan fingerprint density at radius 3 is 2.33 bits per heavy atom. The molecular formula is C39H54N2O11. The average molecular weight is 727 g/mol. The molecule has 0 aliphatic carbocycles. The fourth-order valence-electron chi connectivity index (χ4n) is 5.62. The molecule has 1 saturated heterocycles. The normalized spacial score (nSPS) is 15.0. The van der Waals surface area contributed by atoms with Crippen molar-refractivity contribution in [2.24, 2.45) is 5.41 Å². The minimum atomic E-state index is -0.884. The quantitative estimate of drug-likeness (QED) is 0.0721. The van der Waals surface area contributed by atoms with Crippen LogP contribution in [0.25, 0.3) is 0 Å². The third-order valence-corrected chi connectivity index (χ3v) is 9.08. The first-order valence-electron chi connectivity index (χ1n) is 17.9. The molecule has 0 aromatic heterocycles. The lowest BCUT2D eigenvalue weighted by atomic mass is 9.84. The number of carbonyl (C=O) groups is 5. The summed E-state index contributed by atoms with van der Waals surface area (Å²) < 4.78 is 32.9. The predicted molar refractivity (Wildman–Crippen MR) is 193 cm³/mol. The Balaban J connectivity index is 1.71. The van der Waals surface area contributed by atoms with Gasteiger partial charge in [-0.3, -0.25) is 14.4 Å². The standard InChI is InChI=1S/C39H54N2O11/c1-6-39(2,3)36(44)37(45)41-18-8-7-12-31(41)38(46)52-32(15-13-28-14-16-33(47-4)34(26-28)48-5)29-10-9-11-30(27-29)40-35(43)17-20-49-22-24-51-25-23-50-21-19-42/h9-11,14,16,19,26-27,31-32H,6-8,12-13,15,17-18,20-25H2,1-5H3,(H,40,43)/t31-,32+/m0/s1. The molecule has 286 valence electrons. The molecule has 1 aliphatic rings. The number of benzene rings is 2. The van der Waals surface area contributed by atoms with Gasteiger partial charge in [-0.2, -0.15) is 0 Å². The molecule has 0 unspecified atom stereocenters. The molecule has 0 radical (unpaired) electrons. The van der Waals surface area contributed by atoms with Crippen molar-refractivity contribution in [3.8, 4) is 11.5 Å². The monoisotopic (exact) mass is 726 g/mol. The summed E-state index contributed by atoms with van der Waals surface area (Å²) in [7, 11) is 3.13. The number of ketones is 1. The summed E-state index contributed by atoms with van der Waals surface area (Å²) in [5.74, 6) is -0.827. The molecule has 1 N–H and O–H groups in total. The molecule has 0 saturated carbocycles. The van der Waals surface area contributed by atoms with Crippen LogP contribution >= 0.6 is 0 Å². The highest BCUT2D eigenvalue weighted by atomic mass is 16.6. The van der Waals surface area contributed by atoms with E-state index >= 15 is 0 Å². The van der Waals surface area contributed by atoms with E-state index < -0.39 is 35.2 Å². The minimum absolute atomic E-state index is 0.0332. The molecule has 1 aliphatic heterocycles. The molecule has 2 aromatic carbocycles. The number of Topliss-reactive ketones (excluding diaryl/α,β-unsaturated/α-hetero) is 1. The van der Waals surface area contributed by atoms with Gasteiger partial charge in [0.05, 0.1) is 53.7 Å². The highest BCUT2D eigenvalue weighted by Gasteiger charge is 2.41. The zero-order valence-electron chi connectivity index (χ0n) is 31.1. The number of aldehydes is 1. The van der Waals surface area contributed by atoms with Gasteiger partial charge in [-0.25, -0.2) is 4.79 Å². The molecule has 3 rings (SSSR count). The van der Waals surface area contributed by atoms with Gasteiger partial charge < -0.3 is 43.4 Å². The van der Waals surface area contributed by atoms with E-state index in [9.17, 15) is 24.0 Å². The van der Waals surface area contributed by atoms with Gasteiger partial charge in [-0.15, -0.1) is 0 Å². The highest BCUT2D eigenvalue weighted by Crippen LogP contribution is 2.32. The number of hydrogen-bond donors (Lipinski definition) is 1. The van der Waals surface area contributed by atoms with Crippen molar-refractivity contribution < 1.29 is 52.4 Å². The van der Waals surface area contributed by atoms with Crippen LogP contribution in [-0.4, -0.2) is 101 Å². The van der Waals surface area contributed by atoms with Crippen LogP contribution in [0.4, 0.5) is 5.69 Å². The summed E-state index contributed by atoms with van der Waals surface area (Å²) in [6, 6.07) is 11.8. The number of hydrogen-bond acceptors (Lipinski definition) is 11. The molecule has 2 aromatic rings. The maximum Gasteiger partial charge on any atom is 0.329 e. The van der Waals surface area contributed by atoms with Crippen molar-refractivity contribution in [1.82, 2.24) is 4.90 Å². The fourth-order valence-corrected chi connectivity index (χ4v) is 5.62. The Bertz CT molecular complexity index is 1480. The van der Waals surface area contributed by atoms with Crippen LogP contribution in [0.15, 0.2) is 42.5 Å². The molecule has 13 heteroatoms. The van der Waals surface area contributed by atoms with E-state index in [0.29, 0.717) is 94.1 Å². The number of esters is 1. The van der Waals surface area contributed by atoms with E-state index in [1.165, 1.54) is 4.90 Å². The molecule has 2 atom stereocenters. The molecule has 52 heavy (non-hydrogen) atoms. The van der Waals surface area contributed by atoms with E-state index in [1.54, 1.807) is 46.3 Å². The van der Waals surface area contributed by atoms with E-state index in [0.717, 1.165) is 12.0 Å². The number of rotatable bonds is 23. The van der Waals surface area contributed by atoms with E-state index in [4.69, 9.17) is 28.4 Å².